The maximum Gasteiger partial charge on any atom is 0.311 e. The lowest BCUT2D eigenvalue weighted by Crippen LogP contribution is -2.51. The van der Waals surface area contributed by atoms with Gasteiger partial charge in [0.05, 0.1) is 10.8 Å². The van der Waals surface area contributed by atoms with Crippen LogP contribution in [0.5, 0.6) is 0 Å². The Morgan fingerprint density at radius 3 is 2.07 bits per heavy atom. The van der Waals surface area contributed by atoms with Crippen LogP contribution in [-0.2, 0) is 9.59 Å². The van der Waals surface area contributed by atoms with Crippen molar-refractivity contribution >= 4 is 11.9 Å². The monoisotopic (exact) mass is 212 g/mol. The molecule has 0 radical (unpaired) electrons. The second-order valence-electron chi connectivity index (χ2n) is 4.26. The normalized spacial score (nSPS) is 35.1. The van der Waals surface area contributed by atoms with Crippen LogP contribution in [-0.4, -0.2) is 22.2 Å². The van der Waals surface area contributed by atoms with Gasteiger partial charge in [-0.05, 0) is 26.2 Å². The Kier molecular flexibility index (Phi) is 2.88. The molecule has 2 atom stereocenters. The molecule has 4 heteroatoms. The van der Waals surface area contributed by atoms with Gasteiger partial charge in [0, 0.05) is 0 Å². The van der Waals surface area contributed by atoms with Crippen LogP contribution in [0, 0.1) is 10.8 Å². The van der Waals surface area contributed by atoms with E-state index in [1.165, 1.54) is 6.92 Å². The standard InChI is InChI=1S/C11H16O4/c1-3-11(9(14)15)7-5-4-6-10(11,2)8(12)13/h4-5H,3,6-7H2,1-2H3,(H,12,13)(H,14,15). The van der Waals surface area contributed by atoms with E-state index in [1.54, 1.807) is 19.1 Å². The first-order valence-electron chi connectivity index (χ1n) is 5.02. The molecule has 0 saturated carbocycles. The molecule has 0 aromatic carbocycles. The van der Waals surface area contributed by atoms with Gasteiger partial charge in [-0.15, -0.1) is 0 Å². The van der Waals surface area contributed by atoms with E-state index in [2.05, 4.69) is 0 Å². The van der Waals surface area contributed by atoms with E-state index >= 15 is 0 Å². The second-order valence-corrected chi connectivity index (χ2v) is 4.26. The summed E-state index contributed by atoms with van der Waals surface area (Å²) in [5.41, 5.74) is -2.38. The summed E-state index contributed by atoms with van der Waals surface area (Å²) in [6.45, 7) is 3.25. The van der Waals surface area contributed by atoms with Crippen LogP contribution in [0.15, 0.2) is 12.2 Å². The highest BCUT2D eigenvalue weighted by atomic mass is 16.4. The van der Waals surface area contributed by atoms with Crippen LogP contribution in [0.3, 0.4) is 0 Å². The van der Waals surface area contributed by atoms with Crippen molar-refractivity contribution < 1.29 is 19.8 Å². The highest BCUT2D eigenvalue weighted by Gasteiger charge is 2.57. The minimum Gasteiger partial charge on any atom is -0.481 e. The molecule has 0 aromatic heterocycles. The molecule has 4 nitrogen and oxygen atoms in total. The zero-order valence-corrected chi connectivity index (χ0v) is 8.99. The predicted octanol–water partition coefficient (Wildman–Crippen LogP) is 1.91. The summed E-state index contributed by atoms with van der Waals surface area (Å²) in [7, 11) is 0. The largest absolute Gasteiger partial charge is 0.481 e. The highest BCUT2D eigenvalue weighted by molar-refractivity contribution is 5.87. The fourth-order valence-corrected chi connectivity index (χ4v) is 2.33. The van der Waals surface area contributed by atoms with E-state index in [4.69, 9.17) is 0 Å². The number of hydrogen-bond donors (Lipinski definition) is 2. The number of aliphatic carboxylic acids is 2. The number of carbonyl (C=O) groups is 2. The van der Waals surface area contributed by atoms with Crippen LogP contribution in [0.1, 0.15) is 33.1 Å². The Bertz CT molecular complexity index is 321. The smallest absolute Gasteiger partial charge is 0.311 e. The summed E-state index contributed by atoms with van der Waals surface area (Å²) in [6.07, 6.45) is 4.42. The van der Waals surface area contributed by atoms with Crippen molar-refractivity contribution in [2.24, 2.45) is 10.8 Å². The molecule has 0 amide bonds. The molecule has 0 spiro atoms. The van der Waals surface area contributed by atoms with Crippen LogP contribution >= 0.6 is 0 Å². The maximum atomic E-state index is 11.3. The van der Waals surface area contributed by atoms with Crippen molar-refractivity contribution in [3.63, 3.8) is 0 Å². The minimum absolute atomic E-state index is 0.280. The Labute approximate surface area is 88.6 Å². The van der Waals surface area contributed by atoms with E-state index in [1.807, 2.05) is 0 Å². The third-order valence-electron chi connectivity index (χ3n) is 3.70. The van der Waals surface area contributed by atoms with E-state index in [9.17, 15) is 19.8 Å². The number of allylic oxidation sites excluding steroid dienone is 2. The molecule has 1 rings (SSSR count). The SMILES string of the molecule is CCC1(C(=O)O)CC=CCC1(C)C(=O)O. The van der Waals surface area contributed by atoms with E-state index < -0.39 is 22.8 Å². The average molecular weight is 212 g/mol. The molecule has 2 unspecified atom stereocenters. The summed E-state index contributed by atoms with van der Waals surface area (Å²) in [5, 5.41) is 18.5. The van der Waals surface area contributed by atoms with Gasteiger partial charge in [0.1, 0.15) is 0 Å². The zero-order chi connectivity index (χ0) is 11.7. The molecule has 0 heterocycles. The summed E-state index contributed by atoms with van der Waals surface area (Å²) in [5.74, 6) is -2.05. The van der Waals surface area contributed by atoms with Gasteiger partial charge in [-0.3, -0.25) is 9.59 Å². The molecule has 0 fully saturated rings. The number of rotatable bonds is 3. The van der Waals surface area contributed by atoms with Crippen LogP contribution < -0.4 is 0 Å². The molecule has 0 bridgehead atoms. The van der Waals surface area contributed by atoms with Gasteiger partial charge < -0.3 is 10.2 Å². The highest BCUT2D eigenvalue weighted by Crippen LogP contribution is 2.50. The van der Waals surface area contributed by atoms with E-state index in [0.717, 1.165) is 0 Å². The van der Waals surface area contributed by atoms with E-state index in [0.29, 0.717) is 12.8 Å². The van der Waals surface area contributed by atoms with Crippen LogP contribution in [0.25, 0.3) is 0 Å². The first kappa shape index (κ1) is 11.8. The van der Waals surface area contributed by atoms with Crippen molar-refractivity contribution in [2.45, 2.75) is 33.1 Å². The van der Waals surface area contributed by atoms with Crippen LogP contribution in [0.2, 0.25) is 0 Å². The average Bonchev–Trinajstić information content (AvgIpc) is 2.18. The van der Waals surface area contributed by atoms with Gasteiger partial charge >= 0.3 is 11.9 Å². The summed E-state index contributed by atoms with van der Waals surface area (Å²) in [4.78, 5) is 22.6. The fourth-order valence-electron chi connectivity index (χ4n) is 2.33. The third-order valence-corrected chi connectivity index (χ3v) is 3.70. The van der Waals surface area contributed by atoms with Gasteiger partial charge in [0.15, 0.2) is 0 Å². The lowest BCUT2D eigenvalue weighted by molar-refractivity contribution is -0.173. The van der Waals surface area contributed by atoms with Gasteiger partial charge in [0.2, 0.25) is 0 Å². The summed E-state index contributed by atoms with van der Waals surface area (Å²) >= 11 is 0. The zero-order valence-electron chi connectivity index (χ0n) is 8.99. The Morgan fingerprint density at radius 2 is 1.73 bits per heavy atom. The first-order chi connectivity index (χ1) is 6.90. The number of carboxylic acids is 2. The second kappa shape index (κ2) is 3.68. The van der Waals surface area contributed by atoms with Crippen molar-refractivity contribution in [3.05, 3.63) is 12.2 Å². The Balaban J connectivity index is 3.28. The number of carboxylic acid groups (broad SMARTS) is 2. The molecule has 0 saturated heterocycles. The predicted molar refractivity (Wildman–Crippen MR) is 54.5 cm³/mol. The summed E-state index contributed by atoms with van der Waals surface area (Å²) < 4.78 is 0. The molecule has 1 aliphatic carbocycles. The van der Waals surface area contributed by atoms with Crippen molar-refractivity contribution in [1.82, 2.24) is 0 Å². The molecule has 0 aromatic rings. The van der Waals surface area contributed by atoms with Gasteiger partial charge in [-0.1, -0.05) is 19.1 Å². The molecule has 2 N–H and O–H groups in total. The molecule has 84 valence electrons. The Hall–Kier alpha value is -1.32. The van der Waals surface area contributed by atoms with Crippen LogP contribution in [0.4, 0.5) is 0 Å². The van der Waals surface area contributed by atoms with Crippen molar-refractivity contribution in [2.75, 3.05) is 0 Å². The lowest BCUT2D eigenvalue weighted by atomic mass is 9.57. The number of hydrogen-bond acceptors (Lipinski definition) is 2. The maximum absolute atomic E-state index is 11.3. The van der Waals surface area contributed by atoms with E-state index in [-0.39, 0.29) is 6.42 Å². The van der Waals surface area contributed by atoms with Gasteiger partial charge in [0.25, 0.3) is 0 Å². The van der Waals surface area contributed by atoms with Gasteiger partial charge in [-0.25, -0.2) is 0 Å². The van der Waals surface area contributed by atoms with Crippen molar-refractivity contribution in [1.29, 1.82) is 0 Å². The Morgan fingerprint density at radius 1 is 1.20 bits per heavy atom. The van der Waals surface area contributed by atoms with Gasteiger partial charge in [-0.2, -0.15) is 0 Å². The fraction of sp³-hybridized carbons (Fsp3) is 0.636. The molecule has 0 aliphatic heterocycles. The first-order valence-corrected chi connectivity index (χ1v) is 5.02. The third kappa shape index (κ3) is 1.44. The molecular formula is C11H16O4. The quantitative estimate of drug-likeness (QED) is 0.701. The topological polar surface area (TPSA) is 74.6 Å². The molecule has 1 aliphatic rings. The molecular weight excluding hydrogens is 196 g/mol. The van der Waals surface area contributed by atoms with Crippen molar-refractivity contribution in [3.8, 4) is 0 Å². The minimum atomic E-state index is -1.21. The summed E-state index contributed by atoms with van der Waals surface area (Å²) in [6, 6.07) is 0. The lowest BCUT2D eigenvalue weighted by Gasteiger charge is -2.43. The molecule has 15 heavy (non-hydrogen) atoms.